The van der Waals surface area contributed by atoms with Gasteiger partial charge < -0.3 is 10.1 Å². The Kier molecular flexibility index (Phi) is 12.0. The van der Waals surface area contributed by atoms with Crippen LogP contribution in [0.3, 0.4) is 0 Å². The van der Waals surface area contributed by atoms with E-state index in [1.54, 1.807) is 0 Å². The molecule has 3 nitrogen and oxygen atoms in total. The molecule has 0 aromatic rings. The lowest BCUT2D eigenvalue weighted by molar-refractivity contribution is -0.137. The number of carbonyl (C=O) groups is 1. The minimum absolute atomic E-state index is 0.256. The van der Waals surface area contributed by atoms with Crippen LogP contribution in [0.25, 0.3) is 0 Å². The maximum atomic E-state index is 11.0. The summed E-state index contributed by atoms with van der Waals surface area (Å²) in [5, 5.41) is 3.29. The van der Waals surface area contributed by atoms with Gasteiger partial charge in [0.2, 0.25) is 0 Å². The van der Waals surface area contributed by atoms with E-state index in [0.717, 1.165) is 19.0 Å². The molecular formula is C15H29NO2. The molecule has 0 aliphatic heterocycles. The minimum Gasteiger partial charge on any atom is -0.463 e. The van der Waals surface area contributed by atoms with Crippen molar-refractivity contribution in [3.05, 3.63) is 12.2 Å². The van der Waals surface area contributed by atoms with E-state index in [2.05, 4.69) is 19.2 Å². The Hall–Kier alpha value is -0.830. The van der Waals surface area contributed by atoms with Crippen LogP contribution in [0.5, 0.6) is 0 Å². The Bertz CT molecular complexity index is 225. The van der Waals surface area contributed by atoms with E-state index in [0.29, 0.717) is 6.61 Å². The van der Waals surface area contributed by atoms with E-state index in [-0.39, 0.29) is 5.97 Å². The highest BCUT2D eigenvalue weighted by molar-refractivity contribution is 5.81. The monoisotopic (exact) mass is 255 g/mol. The highest BCUT2D eigenvalue weighted by Gasteiger charge is 1.94. The van der Waals surface area contributed by atoms with Crippen molar-refractivity contribution in [2.75, 3.05) is 19.7 Å². The second-order valence-corrected chi connectivity index (χ2v) is 4.96. The van der Waals surface area contributed by atoms with Crippen LogP contribution < -0.4 is 5.32 Å². The molecule has 0 rings (SSSR count). The molecule has 0 aromatic carbocycles. The zero-order valence-corrected chi connectivity index (χ0v) is 12.2. The van der Waals surface area contributed by atoms with E-state index in [1.165, 1.54) is 38.2 Å². The van der Waals surface area contributed by atoms with Crippen molar-refractivity contribution in [2.24, 2.45) is 5.92 Å². The number of unbranched alkanes of at least 4 members (excludes halogenated alkanes) is 3. The third-order valence-electron chi connectivity index (χ3n) is 2.69. The van der Waals surface area contributed by atoms with Crippen molar-refractivity contribution in [1.29, 1.82) is 0 Å². The molecule has 0 radical (unpaired) electrons. The molecule has 0 spiro atoms. The lowest BCUT2D eigenvalue weighted by Crippen LogP contribution is -2.15. The predicted octanol–water partition coefficient (Wildman–Crippen LogP) is 3.30. The van der Waals surface area contributed by atoms with Crippen molar-refractivity contribution >= 4 is 5.97 Å². The van der Waals surface area contributed by atoms with Gasteiger partial charge in [-0.25, -0.2) is 4.79 Å². The smallest absolute Gasteiger partial charge is 0.330 e. The fraction of sp³-hybridized carbons (Fsp3) is 0.800. The maximum absolute atomic E-state index is 11.0. The fourth-order valence-corrected chi connectivity index (χ4v) is 1.69. The van der Waals surface area contributed by atoms with Crippen LogP contribution in [0.15, 0.2) is 12.2 Å². The van der Waals surface area contributed by atoms with Gasteiger partial charge in [-0.1, -0.05) is 45.6 Å². The van der Waals surface area contributed by atoms with Crippen LogP contribution in [-0.4, -0.2) is 25.7 Å². The number of rotatable bonds is 11. The third-order valence-corrected chi connectivity index (χ3v) is 2.69. The van der Waals surface area contributed by atoms with Crippen LogP contribution in [0, 0.1) is 5.92 Å². The largest absolute Gasteiger partial charge is 0.463 e. The highest BCUT2D eigenvalue weighted by atomic mass is 16.5. The Morgan fingerprint density at radius 3 is 2.61 bits per heavy atom. The second-order valence-electron chi connectivity index (χ2n) is 4.96. The number of hydrogen-bond acceptors (Lipinski definition) is 3. The zero-order valence-electron chi connectivity index (χ0n) is 12.2. The molecular weight excluding hydrogens is 226 g/mol. The van der Waals surface area contributed by atoms with Gasteiger partial charge in [0.25, 0.3) is 0 Å². The molecule has 18 heavy (non-hydrogen) atoms. The molecule has 3 heteroatoms. The first-order valence-corrected chi connectivity index (χ1v) is 7.20. The first kappa shape index (κ1) is 17.2. The summed E-state index contributed by atoms with van der Waals surface area (Å²) in [5.41, 5.74) is 0. The number of hydrogen-bond donors (Lipinski definition) is 1. The fourth-order valence-electron chi connectivity index (χ4n) is 1.69. The molecule has 0 atom stereocenters. The topological polar surface area (TPSA) is 38.3 Å². The molecule has 1 N–H and O–H groups in total. The zero-order chi connectivity index (χ0) is 13.6. The van der Waals surface area contributed by atoms with Gasteiger partial charge in [-0.15, -0.1) is 0 Å². The second kappa shape index (κ2) is 12.6. The molecule has 0 unspecified atom stereocenters. The normalized spacial score (nSPS) is 11.3. The molecule has 0 aliphatic carbocycles. The van der Waals surface area contributed by atoms with Crippen molar-refractivity contribution in [3.63, 3.8) is 0 Å². The van der Waals surface area contributed by atoms with Gasteiger partial charge in [0.1, 0.15) is 0 Å². The van der Waals surface area contributed by atoms with Gasteiger partial charge in [-0.3, -0.25) is 0 Å². The average Bonchev–Trinajstić information content (AvgIpc) is 2.31. The lowest BCUT2D eigenvalue weighted by Gasteiger charge is -2.04. The summed E-state index contributed by atoms with van der Waals surface area (Å²) in [6, 6.07) is 0. The van der Waals surface area contributed by atoms with Crippen LogP contribution in [0.1, 0.15) is 52.9 Å². The molecule has 0 saturated heterocycles. The first-order chi connectivity index (χ1) is 8.66. The molecule has 0 heterocycles. The van der Waals surface area contributed by atoms with Gasteiger partial charge in [0.15, 0.2) is 0 Å². The summed E-state index contributed by atoms with van der Waals surface area (Å²) in [6.07, 6.45) is 9.83. The van der Waals surface area contributed by atoms with Gasteiger partial charge in [-0.2, -0.15) is 0 Å². The van der Waals surface area contributed by atoms with Crippen molar-refractivity contribution in [1.82, 2.24) is 5.32 Å². The Morgan fingerprint density at radius 1 is 1.22 bits per heavy atom. The summed E-state index contributed by atoms with van der Waals surface area (Å²) in [5.74, 6) is 0.573. The quantitative estimate of drug-likeness (QED) is 0.350. The first-order valence-electron chi connectivity index (χ1n) is 7.20. The van der Waals surface area contributed by atoms with Gasteiger partial charge >= 0.3 is 5.97 Å². The SMILES string of the molecule is CCOC(=O)/C=C/CNCCCCCCC(C)C. The summed E-state index contributed by atoms with van der Waals surface area (Å²) in [6.45, 7) is 8.56. The summed E-state index contributed by atoms with van der Waals surface area (Å²) in [7, 11) is 0. The molecule has 0 amide bonds. The molecule has 0 aromatic heterocycles. The summed E-state index contributed by atoms with van der Waals surface area (Å²) in [4.78, 5) is 11.0. The molecule has 0 fully saturated rings. The van der Waals surface area contributed by atoms with Crippen LogP contribution in [-0.2, 0) is 9.53 Å². The van der Waals surface area contributed by atoms with E-state index in [4.69, 9.17) is 4.74 Å². The number of ether oxygens (including phenoxy) is 1. The molecule has 106 valence electrons. The summed E-state index contributed by atoms with van der Waals surface area (Å²) < 4.78 is 4.78. The molecule has 0 saturated carbocycles. The van der Waals surface area contributed by atoms with E-state index in [1.807, 2.05) is 13.0 Å². The van der Waals surface area contributed by atoms with E-state index < -0.39 is 0 Å². The molecule has 0 bridgehead atoms. The van der Waals surface area contributed by atoms with E-state index in [9.17, 15) is 4.79 Å². The maximum Gasteiger partial charge on any atom is 0.330 e. The minimum atomic E-state index is -0.256. The molecule has 0 aliphatic rings. The van der Waals surface area contributed by atoms with Gasteiger partial charge in [0, 0.05) is 12.6 Å². The third kappa shape index (κ3) is 13.2. The van der Waals surface area contributed by atoms with Crippen molar-refractivity contribution < 1.29 is 9.53 Å². The number of carbonyl (C=O) groups excluding carboxylic acids is 1. The van der Waals surface area contributed by atoms with Crippen molar-refractivity contribution in [2.45, 2.75) is 52.9 Å². The predicted molar refractivity (Wildman–Crippen MR) is 76.6 cm³/mol. The van der Waals surface area contributed by atoms with Crippen molar-refractivity contribution in [3.8, 4) is 0 Å². The Balaban J connectivity index is 3.18. The summed E-state index contributed by atoms with van der Waals surface area (Å²) >= 11 is 0. The van der Waals surface area contributed by atoms with Gasteiger partial charge in [0.05, 0.1) is 6.61 Å². The van der Waals surface area contributed by atoms with Crippen LogP contribution in [0.4, 0.5) is 0 Å². The van der Waals surface area contributed by atoms with Crippen LogP contribution >= 0.6 is 0 Å². The van der Waals surface area contributed by atoms with Crippen LogP contribution in [0.2, 0.25) is 0 Å². The lowest BCUT2D eigenvalue weighted by atomic mass is 10.0. The standard InChI is InChI=1S/C15H29NO2/c1-4-18-15(17)11-9-13-16-12-8-6-5-7-10-14(2)3/h9,11,14,16H,4-8,10,12-13H2,1-3H3/b11-9+. The Morgan fingerprint density at radius 2 is 1.94 bits per heavy atom. The van der Waals surface area contributed by atoms with Gasteiger partial charge in [-0.05, 0) is 25.8 Å². The Labute approximate surface area is 112 Å². The highest BCUT2D eigenvalue weighted by Crippen LogP contribution is 2.08. The number of nitrogens with one attached hydrogen (secondary N) is 1. The average molecular weight is 255 g/mol. The number of esters is 1. The van der Waals surface area contributed by atoms with E-state index >= 15 is 0 Å².